The number of hydrogen-bond acceptors (Lipinski definition) is 2. The van der Waals surface area contributed by atoms with Crippen molar-refractivity contribution in [3.05, 3.63) is 60.2 Å². The number of halogens is 2. The van der Waals surface area contributed by atoms with Crippen molar-refractivity contribution in [2.45, 2.75) is 13.0 Å². The highest BCUT2D eigenvalue weighted by Crippen LogP contribution is 2.16. The molecule has 0 aromatic heterocycles. The number of hydrogen-bond donors (Lipinski definition) is 1. The summed E-state index contributed by atoms with van der Waals surface area (Å²) in [5.74, 6) is -1.26. The van der Waals surface area contributed by atoms with Crippen LogP contribution in [0.5, 0.6) is 5.75 Å². The predicted molar refractivity (Wildman–Crippen MR) is 71.5 cm³/mol. The van der Waals surface area contributed by atoms with Crippen LogP contribution in [0.15, 0.2) is 48.5 Å². The van der Waals surface area contributed by atoms with Crippen LogP contribution in [-0.4, -0.2) is 12.0 Å². The Labute approximate surface area is 115 Å². The summed E-state index contributed by atoms with van der Waals surface area (Å²) >= 11 is 0. The first-order valence-corrected chi connectivity index (χ1v) is 6.04. The van der Waals surface area contributed by atoms with Gasteiger partial charge in [0.2, 0.25) is 0 Å². The second kappa shape index (κ2) is 6.14. The van der Waals surface area contributed by atoms with E-state index in [2.05, 4.69) is 5.32 Å². The summed E-state index contributed by atoms with van der Waals surface area (Å²) in [6, 6.07) is 11.3. The highest BCUT2D eigenvalue weighted by molar-refractivity contribution is 5.94. The van der Waals surface area contributed by atoms with Gasteiger partial charge in [-0.15, -0.1) is 0 Å². The zero-order valence-electron chi connectivity index (χ0n) is 10.8. The summed E-state index contributed by atoms with van der Waals surface area (Å²) in [6.07, 6.45) is -0.878. The molecule has 20 heavy (non-hydrogen) atoms. The molecule has 0 saturated heterocycles. The molecule has 1 atom stereocenters. The molecule has 104 valence electrons. The normalized spacial score (nSPS) is 11.8. The number of amides is 1. The molecule has 1 N–H and O–H groups in total. The molecule has 2 rings (SSSR count). The second-order valence-corrected chi connectivity index (χ2v) is 4.19. The Hall–Kier alpha value is -2.43. The zero-order chi connectivity index (χ0) is 14.5. The Morgan fingerprint density at radius 2 is 1.90 bits per heavy atom. The van der Waals surface area contributed by atoms with Gasteiger partial charge in [-0.05, 0) is 31.2 Å². The standard InChI is InChI=1S/C15H13F2NO2/c1-10(20-12-6-4-5-11(16)9-12)15(19)18-14-8-3-2-7-13(14)17/h2-10H,1H3,(H,18,19). The molecule has 0 aliphatic heterocycles. The molecule has 0 aliphatic carbocycles. The van der Waals surface area contributed by atoms with Crippen LogP contribution in [0.3, 0.4) is 0 Å². The third-order valence-electron chi connectivity index (χ3n) is 2.61. The van der Waals surface area contributed by atoms with Crippen LogP contribution in [-0.2, 0) is 4.79 Å². The maximum absolute atomic E-state index is 13.4. The molecule has 5 heteroatoms. The molecule has 1 amide bonds. The van der Waals surface area contributed by atoms with Gasteiger partial charge in [0, 0.05) is 6.07 Å². The van der Waals surface area contributed by atoms with Gasteiger partial charge in [-0.2, -0.15) is 0 Å². The van der Waals surface area contributed by atoms with E-state index < -0.39 is 23.6 Å². The summed E-state index contributed by atoms with van der Waals surface area (Å²) in [5.41, 5.74) is 0.0761. The lowest BCUT2D eigenvalue weighted by atomic mass is 10.3. The maximum atomic E-state index is 13.4. The van der Waals surface area contributed by atoms with Crippen LogP contribution >= 0.6 is 0 Å². The van der Waals surface area contributed by atoms with Gasteiger partial charge in [0.25, 0.3) is 5.91 Å². The molecule has 2 aromatic rings. The van der Waals surface area contributed by atoms with Gasteiger partial charge in [-0.25, -0.2) is 8.78 Å². The summed E-state index contributed by atoms with van der Waals surface area (Å²) in [7, 11) is 0. The number of anilines is 1. The van der Waals surface area contributed by atoms with Crippen LogP contribution in [0.4, 0.5) is 14.5 Å². The summed E-state index contributed by atoms with van der Waals surface area (Å²) < 4.78 is 31.7. The molecule has 3 nitrogen and oxygen atoms in total. The van der Waals surface area contributed by atoms with Gasteiger partial charge < -0.3 is 10.1 Å². The average Bonchev–Trinajstić information content (AvgIpc) is 2.41. The molecule has 0 radical (unpaired) electrons. The molecule has 0 spiro atoms. The van der Waals surface area contributed by atoms with Gasteiger partial charge in [0.1, 0.15) is 17.4 Å². The van der Waals surface area contributed by atoms with E-state index in [9.17, 15) is 13.6 Å². The first-order chi connectivity index (χ1) is 9.56. The Morgan fingerprint density at radius 1 is 1.15 bits per heavy atom. The molecule has 0 aliphatic rings. The number of ether oxygens (including phenoxy) is 1. The molecule has 1 unspecified atom stereocenters. The van der Waals surface area contributed by atoms with Crippen molar-refractivity contribution in [3.63, 3.8) is 0 Å². The minimum absolute atomic E-state index is 0.0761. The Kier molecular flexibility index (Phi) is 4.30. The highest BCUT2D eigenvalue weighted by atomic mass is 19.1. The van der Waals surface area contributed by atoms with Crippen LogP contribution < -0.4 is 10.1 Å². The molecule has 0 heterocycles. The van der Waals surface area contributed by atoms with E-state index in [1.807, 2.05) is 0 Å². The fourth-order valence-corrected chi connectivity index (χ4v) is 1.59. The van der Waals surface area contributed by atoms with E-state index in [0.29, 0.717) is 0 Å². The van der Waals surface area contributed by atoms with Crippen molar-refractivity contribution in [2.24, 2.45) is 0 Å². The number of rotatable bonds is 4. The minimum Gasteiger partial charge on any atom is -0.481 e. The Balaban J connectivity index is 2.01. The molecule has 0 fully saturated rings. The molecule has 0 saturated carbocycles. The van der Waals surface area contributed by atoms with E-state index in [1.54, 1.807) is 6.07 Å². The topological polar surface area (TPSA) is 38.3 Å². The van der Waals surface area contributed by atoms with Gasteiger partial charge in [-0.3, -0.25) is 4.79 Å². The minimum atomic E-state index is -0.878. The fraction of sp³-hybridized carbons (Fsp3) is 0.133. The number of nitrogens with one attached hydrogen (secondary N) is 1. The zero-order valence-corrected chi connectivity index (χ0v) is 10.8. The van der Waals surface area contributed by atoms with E-state index in [4.69, 9.17) is 4.74 Å². The molecular weight excluding hydrogens is 264 g/mol. The molecular formula is C15H13F2NO2. The Bertz CT molecular complexity index is 616. The van der Waals surface area contributed by atoms with Crippen LogP contribution in [0.2, 0.25) is 0 Å². The summed E-state index contributed by atoms with van der Waals surface area (Å²) in [5, 5.41) is 2.41. The quantitative estimate of drug-likeness (QED) is 0.930. The van der Waals surface area contributed by atoms with Crippen molar-refractivity contribution in [3.8, 4) is 5.75 Å². The molecule has 0 bridgehead atoms. The second-order valence-electron chi connectivity index (χ2n) is 4.19. The largest absolute Gasteiger partial charge is 0.481 e. The number of carbonyl (C=O) groups excluding carboxylic acids is 1. The van der Waals surface area contributed by atoms with Crippen LogP contribution in [0.25, 0.3) is 0 Å². The van der Waals surface area contributed by atoms with Crippen molar-refractivity contribution in [1.82, 2.24) is 0 Å². The first kappa shape index (κ1) is 14.0. The van der Waals surface area contributed by atoms with E-state index in [-0.39, 0.29) is 11.4 Å². The first-order valence-electron chi connectivity index (χ1n) is 6.04. The lowest BCUT2D eigenvalue weighted by Gasteiger charge is -2.15. The number of benzene rings is 2. The van der Waals surface area contributed by atoms with E-state index >= 15 is 0 Å². The van der Waals surface area contributed by atoms with Crippen molar-refractivity contribution >= 4 is 11.6 Å². The highest BCUT2D eigenvalue weighted by Gasteiger charge is 2.16. The van der Waals surface area contributed by atoms with Crippen molar-refractivity contribution < 1.29 is 18.3 Å². The Morgan fingerprint density at radius 3 is 2.60 bits per heavy atom. The van der Waals surface area contributed by atoms with Gasteiger partial charge in [0.05, 0.1) is 5.69 Å². The van der Waals surface area contributed by atoms with E-state index in [0.717, 1.165) is 0 Å². The lowest BCUT2D eigenvalue weighted by Crippen LogP contribution is -2.30. The van der Waals surface area contributed by atoms with Crippen molar-refractivity contribution in [2.75, 3.05) is 5.32 Å². The number of para-hydroxylation sites is 1. The van der Waals surface area contributed by atoms with Crippen molar-refractivity contribution in [1.29, 1.82) is 0 Å². The predicted octanol–water partition coefficient (Wildman–Crippen LogP) is 3.37. The van der Waals surface area contributed by atoms with Gasteiger partial charge in [-0.1, -0.05) is 18.2 Å². The summed E-state index contributed by atoms with van der Waals surface area (Å²) in [6.45, 7) is 1.50. The summed E-state index contributed by atoms with van der Waals surface area (Å²) in [4.78, 5) is 11.9. The van der Waals surface area contributed by atoms with Crippen LogP contribution in [0.1, 0.15) is 6.92 Å². The maximum Gasteiger partial charge on any atom is 0.265 e. The van der Waals surface area contributed by atoms with Gasteiger partial charge in [0.15, 0.2) is 6.10 Å². The average molecular weight is 277 g/mol. The number of carbonyl (C=O) groups is 1. The van der Waals surface area contributed by atoms with Gasteiger partial charge >= 0.3 is 0 Å². The van der Waals surface area contributed by atoms with E-state index in [1.165, 1.54) is 49.4 Å². The third-order valence-corrected chi connectivity index (χ3v) is 2.61. The van der Waals surface area contributed by atoms with Crippen LogP contribution in [0, 0.1) is 11.6 Å². The lowest BCUT2D eigenvalue weighted by molar-refractivity contribution is -0.122. The fourth-order valence-electron chi connectivity index (χ4n) is 1.59. The SMILES string of the molecule is CC(Oc1cccc(F)c1)C(=O)Nc1ccccc1F. The smallest absolute Gasteiger partial charge is 0.265 e. The third kappa shape index (κ3) is 3.54. The monoisotopic (exact) mass is 277 g/mol. The molecule has 2 aromatic carbocycles.